The van der Waals surface area contributed by atoms with E-state index in [0.717, 1.165) is 11.1 Å². The summed E-state index contributed by atoms with van der Waals surface area (Å²) in [6.07, 6.45) is 0.460. The van der Waals surface area contributed by atoms with E-state index in [2.05, 4.69) is 5.32 Å². The summed E-state index contributed by atoms with van der Waals surface area (Å²) in [4.78, 5) is 22.5. The van der Waals surface area contributed by atoms with Crippen LogP contribution in [0.1, 0.15) is 30.5 Å². The van der Waals surface area contributed by atoms with Crippen LogP contribution in [-0.4, -0.2) is 17.0 Å². The first-order valence-corrected chi connectivity index (χ1v) is 6.09. The molecule has 1 saturated carbocycles. The van der Waals surface area contributed by atoms with Gasteiger partial charge in [-0.05, 0) is 31.4 Å². The Morgan fingerprint density at radius 1 is 1.33 bits per heavy atom. The first-order chi connectivity index (χ1) is 8.50. The molecular weight excluding hydrogens is 230 g/mol. The molecule has 2 rings (SSSR count). The number of carboxylic acids is 1. The van der Waals surface area contributed by atoms with Crippen molar-refractivity contribution in [3.63, 3.8) is 0 Å². The number of hydrogen-bond donors (Lipinski definition) is 2. The lowest BCUT2D eigenvalue weighted by Crippen LogP contribution is -2.29. The van der Waals surface area contributed by atoms with Crippen molar-refractivity contribution >= 4 is 11.9 Å². The van der Waals surface area contributed by atoms with Gasteiger partial charge in [0, 0.05) is 0 Å². The summed E-state index contributed by atoms with van der Waals surface area (Å²) in [6, 6.07) is 7.77. The zero-order chi connectivity index (χ0) is 13.3. The summed E-state index contributed by atoms with van der Waals surface area (Å²) >= 11 is 0. The number of benzene rings is 1. The minimum atomic E-state index is -0.876. The summed E-state index contributed by atoms with van der Waals surface area (Å²) < 4.78 is 0. The number of aliphatic carboxylic acids is 1. The van der Waals surface area contributed by atoms with Crippen molar-refractivity contribution in [1.82, 2.24) is 5.32 Å². The Balaban J connectivity index is 1.97. The molecule has 0 spiro atoms. The minimum Gasteiger partial charge on any atom is -0.481 e. The normalized spacial score (nSPS) is 23.2. The number of carboxylic acid groups (broad SMARTS) is 1. The van der Waals surface area contributed by atoms with E-state index in [0.29, 0.717) is 6.42 Å². The standard InChI is InChI=1S/C14H17NO3/c1-8-5-3-4-6-10(8)9(2)15-13(16)11-7-12(11)14(17)18/h3-6,9,11-12H,7H2,1-2H3,(H,15,16)(H,17,18)/t9-,11?,12?/m0/s1. The van der Waals surface area contributed by atoms with Crippen LogP contribution in [0.15, 0.2) is 24.3 Å². The van der Waals surface area contributed by atoms with Crippen LogP contribution in [0.4, 0.5) is 0 Å². The highest BCUT2D eigenvalue weighted by atomic mass is 16.4. The second-order valence-electron chi connectivity index (χ2n) is 4.87. The van der Waals surface area contributed by atoms with Crippen molar-refractivity contribution in [3.05, 3.63) is 35.4 Å². The molecule has 0 saturated heterocycles. The van der Waals surface area contributed by atoms with Crippen LogP contribution in [0.5, 0.6) is 0 Å². The summed E-state index contributed by atoms with van der Waals surface area (Å²) in [5, 5.41) is 11.7. The van der Waals surface area contributed by atoms with Gasteiger partial charge in [-0.15, -0.1) is 0 Å². The maximum Gasteiger partial charge on any atom is 0.307 e. The molecule has 2 unspecified atom stereocenters. The maximum absolute atomic E-state index is 11.8. The molecule has 1 fully saturated rings. The SMILES string of the molecule is Cc1ccccc1[C@H](C)NC(=O)C1CC1C(=O)O. The predicted molar refractivity (Wildman–Crippen MR) is 67.0 cm³/mol. The van der Waals surface area contributed by atoms with Gasteiger partial charge in [0.05, 0.1) is 17.9 Å². The number of rotatable bonds is 4. The number of carbonyl (C=O) groups is 2. The Bertz CT molecular complexity index is 484. The Labute approximate surface area is 106 Å². The van der Waals surface area contributed by atoms with Gasteiger partial charge < -0.3 is 10.4 Å². The third kappa shape index (κ3) is 2.53. The van der Waals surface area contributed by atoms with Gasteiger partial charge in [-0.1, -0.05) is 24.3 Å². The molecular formula is C14H17NO3. The van der Waals surface area contributed by atoms with Gasteiger partial charge in [-0.3, -0.25) is 9.59 Å². The monoisotopic (exact) mass is 247 g/mol. The van der Waals surface area contributed by atoms with Crippen LogP contribution in [0.25, 0.3) is 0 Å². The zero-order valence-electron chi connectivity index (χ0n) is 10.5. The Morgan fingerprint density at radius 2 is 2.00 bits per heavy atom. The quantitative estimate of drug-likeness (QED) is 0.853. The number of carbonyl (C=O) groups excluding carboxylic acids is 1. The number of hydrogen-bond acceptors (Lipinski definition) is 2. The number of nitrogens with one attached hydrogen (secondary N) is 1. The summed E-state index contributed by atoms with van der Waals surface area (Å²) in [7, 11) is 0. The second-order valence-corrected chi connectivity index (χ2v) is 4.87. The largest absolute Gasteiger partial charge is 0.481 e. The molecule has 0 radical (unpaired) electrons. The van der Waals surface area contributed by atoms with Gasteiger partial charge in [0.15, 0.2) is 0 Å². The molecule has 4 heteroatoms. The van der Waals surface area contributed by atoms with E-state index in [1.165, 1.54) is 0 Å². The highest BCUT2D eigenvalue weighted by Gasteiger charge is 2.48. The van der Waals surface area contributed by atoms with E-state index in [1.807, 2.05) is 38.1 Å². The van der Waals surface area contributed by atoms with Crippen LogP contribution in [-0.2, 0) is 9.59 Å². The van der Waals surface area contributed by atoms with Gasteiger partial charge in [-0.25, -0.2) is 0 Å². The van der Waals surface area contributed by atoms with Gasteiger partial charge >= 0.3 is 5.97 Å². The average molecular weight is 247 g/mol. The molecule has 1 aromatic carbocycles. The van der Waals surface area contributed by atoms with E-state index in [1.54, 1.807) is 0 Å². The third-order valence-electron chi connectivity index (χ3n) is 3.46. The van der Waals surface area contributed by atoms with Crippen LogP contribution >= 0.6 is 0 Å². The Kier molecular flexibility index (Phi) is 3.36. The molecule has 3 atom stereocenters. The number of aryl methyl sites for hydroxylation is 1. The molecule has 4 nitrogen and oxygen atoms in total. The van der Waals surface area contributed by atoms with Crippen LogP contribution < -0.4 is 5.32 Å². The minimum absolute atomic E-state index is 0.0891. The van der Waals surface area contributed by atoms with Crippen molar-refractivity contribution in [2.75, 3.05) is 0 Å². The zero-order valence-corrected chi connectivity index (χ0v) is 10.5. The molecule has 96 valence electrons. The summed E-state index contributed by atoms with van der Waals surface area (Å²) in [5.74, 6) is -1.88. The van der Waals surface area contributed by atoms with E-state index in [4.69, 9.17) is 5.11 Å². The van der Waals surface area contributed by atoms with E-state index in [9.17, 15) is 9.59 Å². The summed E-state index contributed by atoms with van der Waals surface area (Å²) in [5.41, 5.74) is 2.19. The smallest absolute Gasteiger partial charge is 0.307 e. The lowest BCUT2D eigenvalue weighted by molar-refractivity contribution is -0.140. The fraction of sp³-hybridized carbons (Fsp3) is 0.429. The van der Waals surface area contributed by atoms with Gasteiger partial charge in [0.1, 0.15) is 0 Å². The average Bonchev–Trinajstić information content (AvgIpc) is 3.09. The fourth-order valence-corrected chi connectivity index (χ4v) is 2.23. The third-order valence-corrected chi connectivity index (χ3v) is 3.46. The maximum atomic E-state index is 11.8. The molecule has 18 heavy (non-hydrogen) atoms. The fourth-order valence-electron chi connectivity index (χ4n) is 2.23. The lowest BCUT2D eigenvalue weighted by Gasteiger charge is -2.16. The molecule has 2 N–H and O–H groups in total. The molecule has 0 heterocycles. The first-order valence-electron chi connectivity index (χ1n) is 6.09. The van der Waals surface area contributed by atoms with E-state index < -0.39 is 11.9 Å². The molecule has 0 bridgehead atoms. The van der Waals surface area contributed by atoms with Crippen LogP contribution in [0, 0.1) is 18.8 Å². The van der Waals surface area contributed by atoms with E-state index >= 15 is 0 Å². The highest BCUT2D eigenvalue weighted by molar-refractivity contribution is 5.89. The lowest BCUT2D eigenvalue weighted by atomic mass is 10.0. The van der Waals surface area contributed by atoms with Crippen molar-refractivity contribution in [2.45, 2.75) is 26.3 Å². The highest BCUT2D eigenvalue weighted by Crippen LogP contribution is 2.39. The summed E-state index contributed by atoms with van der Waals surface area (Å²) in [6.45, 7) is 3.91. The Morgan fingerprint density at radius 3 is 2.56 bits per heavy atom. The van der Waals surface area contributed by atoms with Gasteiger partial charge in [0.25, 0.3) is 0 Å². The second kappa shape index (κ2) is 4.80. The molecule has 1 aromatic rings. The topological polar surface area (TPSA) is 66.4 Å². The van der Waals surface area contributed by atoms with Crippen molar-refractivity contribution in [3.8, 4) is 0 Å². The van der Waals surface area contributed by atoms with Crippen LogP contribution in [0.2, 0.25) is 0 Å². The molecule has 1 aliphatic carbocycles. The van der Waals surface area contributed by atoms with Gasteiger partial charge in [-0.2, -0.15) is 0 Å². The van der Waals surface area contributed by atoms with E-state index in [-0.39, 0.29) is 17.9 Å². The van der Waals surface area contributed by atoms with Crippen LogP contribution in [0.3, 0.4) is 0 Å². The van der Waals surface area contributed by atoms with Crippen molar-refractivity contribution in [2.24, 2.45) is 11.8 Å². The molecule has 1 amide bonds. The predicted octanol–water partition coefficient (Wildman–Crippen LogP) is 1.89. The first kappa shape index (κ1) is 12.6. The molecule has 1 aliphatic rings. The molecule has 0 aliphatic heterocycles. The van der Waals surface area contributed by atoms with Crippen molar-refractivity contribution in [1.29, 1.82) is 0 Å². The molecule has 0 aromatic heterocycles. The number of amides is 1. The Hall–Kier alpha value is -1.84. The van der Waals surface area contributed by atoms with Crippen molar-refractivity contribution < 1.29 is 14.7 Å². The van der Waals surface area contributed by atoms with Gasteiger partial charge in [0.2, 0.25) is 5.91 Å².